The number of benzene rings is 1. The van der Waals surface area contributed by atoms with E-state index in [1.807, 2.05) is 7.05 Å². The van der Waals surface area contributed by atoms with Gasteiger partial charge in [0.2, 0.25) is 0 Å². The van der Waals surface area contributed by atoms with E-state index >= 15 is 0 Å². The Balaban J connectivity index is 2.86. The molecule has 1 aromatic rings. The Hall–Kier alpha value is -0.860. The topological polar surface area (TPSA) is 21.3 Å². The normalized spacial score (nSPS) is 14.8. The summed E-state index contributed by atoms with van der Waals surface area (Å²) in [7, 11) is 3.77. The lowest BCUT2D eigenvalue weighted by Crippen LogP contribution is -2.22. The smallest absolute Gasteiger partial charge is 0.0561 e. The zero-order chi connectivity index (χ0) is 12.1. The van der Waals surface area contributed by atoms with Crippen molar-refractivity contribution in [2.75, 3.05) is 14.2 Å². The SMILES string of the molecule is CNC(CC(C)OC)c1ccc(C)cc1C. The van der Waals surface area contributed by atoms with Gasteiger partial charge in [-0.15, -0.1) is 0 Å². The van der Waals surface area contributed by atoms with Crippen LogP contribution in [0.15, 0.2) is 18.2 Å². The largest absolute Gasteiger partial charge is 0.382 e. The molecule has 0 amide bonds. The predicted molar refractivity (Wildman–Crippen MR) is 68.8 cm³/mol. The van der Waals surface area contributed by atoms with Crippen molar-refractivity contribution in [3.63, 3.8) is 0 Å². The maximum absolute atomic E-state index is 5.33. The molecule has 0 spiro atoms. The van der Waals surface area contributed by atoms with Gasteiger partial charge in [0.15, 0.2) is 0 Å². The Morgan fingerprint density at radius 1 is 1.31 bits per heavy atom. The fourth-order valence-electron chi connectivity index (χ4n) is 2.05. The van der Waals surface area contributed by atoms with Gasteiger partial charge in [-0.25, -0.2) is 0 Å². The summed E-state index contributed by atoms with van der Waals surface area (Å²) >= 11 is 0. The number of hydrogen-bond acceptors (Lipinski definition) is 2. The van der Waals surface area contributed by atoms with Gasteiger partial charge < -0.3 is 10.1 Å². The van der Waals surface area contributed by atoms with Gasteiger partial charge in [0.25, 0.3) is 0 Å². The Bertz CT molecular complexity index is 336. The van der Waals surface area contributed by atoms with E-state index in [1.54, 1.807) is 7.11 Å². The predicted octanol–water partition coefficient (Wildman–Crippen LogP) is 2.99. The molecular formula is C14H23NO. The van der Waals surface area contributed by atoms with Crippen molar-refractivity contribution in [2.45, 2.75) is 39.3 Å². The first-order valence-corrected chi connectivity index (χ1v) is 5.85. The van der Waals surface area contributed by atoms with E-state index in [0.717, 1.165) is 6.42 Å². The van der Waals surface area contributed by atoms with Crippen molar-refractivity contribution in [1.82, 2.24) is 5.32 Å². The zero-order valence-corrected chi connectivity index (χ0v) is 11.0. The van der Waals surface area contributed by atoms with E-state index < -0.39 is 0 Å². The second-order valence-corrected chi connectivity index (χ2v) is 4.48. The molecule has 0 fully saturated rings. The van der Waals surface area contributed by atoms with Crippen LogP contribution in [0.5, 0.6) is 0 Å². The summed E-state index contributed by atoms with van der Waals surface area (Å²) in [5.41, 5.74) is 4.04. The average molecular weight is 221 g/mol. The number of methoxy groups -OCH3 is 1. The number of hydrogen-bond donors (Lipinski definition) is 1. The van der Waals surface area contributed by atoms with Crippen LogP contribution in [0.4, 0.5) is 0 Å². The van der Waals surface area contributed by atoms with Crippen LogP contribution < -0.4 is 5.32 Å². The van der Waals surface area contributed by atoms with Crippen molar-refractivity contribution < 1.29 is 4.74 Å². The first-order chi connectivity index (χ1) is 7.58. The summed E-state index contributed by atoms with van der Waals surface area (Å²) in [6, 6.07) is 6.99. The van der Waals surface area contributed by atoms with Crippen LogP contribution in [-0.2, 0) is 4.74 Å². The molecule has 2 nitrogen and oxygen atoms in total. The Labute approximate surface area is 99.0 Å². The molecule has 0 aliphatic rings. The van der Waals surface area contributed by atoms with E-state index in [4.69, 9.17) is 4.74 Å². The summed E-state index contributed by atoms with van der Waals surface area (Å²) in [6.45, 7) is 6.40. The van der Waals surface area contributed by atoms with Gasteiger partial charge in [-0.05, 0) is 45.4 Å². The molecule has 90 valence electrons. The minimum Gasteiger partial charge on any atom is -0.382 e. The minimum absolute atomic E-state index is 0.276. The van der Waals surface area contributed by atoms with Gasteiger partial charge in [-0.3, -0.25) is 0 Å². The van der Waals surface area contributed by atoms with Crippen LogP contribution in [0.25, 0.3) is 0 Å². The van der Waals surface area contributed by atoms with Gasteiger partial charge in [-0.1, -0.05) is 23.8 Å². The van der Waals surface area contributed by atoms with Crippen LogP contribution in [0, 0.1) is 13.8 Å². The highest BCUT2D eigenvalue weighted by atomic mass is 16.5. The molecular weight excluding hydrogens is 198 g/mol. The Morgan fingerprint density at radius 2 is 2.00 bits per heavy atom. The molecule has 2 heteroatoms. The molecule has 0 bridgehead atoms. The number of nitrogens with one attached hydrogen (secondary N) is 1. The molecule has 1 N–H and O–H groups in total. The third-order valence-corrected chi connectivity index (χ3v) is 3.12. The van der Waals surface area contributed by atoms with Crippen molar-refractivity contribution in [1.29, 1.82) is 0 Å². The molecule has 2 unspecified atom stereocenters. The van der Waals surface area contributed by atoms with E-state index in [0.29, 0.717) is 6.04 Å². The Morgan fingerprint density at radius 3 is 2.50 bits per heavy atom. The summed E-state index contributed by atoms with van der Waals surface area (Å²) < 4.78 is 5.33. The van der Waals surface area contributed by atoms with Gasteiger partial charge >= 0.3 is 0 Å². The third kappa shape index (κ3) is 3.32. The maximum Gasteiger partial charge on any atom is 0.0561 e. The molecule has 0 aliphatic heterocycles. The average Bonchev–Trinajstić information content (AvgIpc) is 2.26. The van der Waals surface area contributed by atoms with Crippen molar-refractivity contribution in [3.8, 4) is 0 Å². The molecule has 0 aliphatic carbocycles. The van der Waals surface area contributed by atoms with Crippen LogP contribution in [-0.4, -0.2) is 20.3 Å². The second kappa shape index (κ2) is 6.02. The van der Waals surface area contributed by atoms with Gasteiger partial charge in [-0.2, -0.15) is 0 Å². The van der Waals surface area contributed by atoms with E-state index in [-0.39, 0.29) is 6.10 Å². The first-order valence-electron chi connectivity index (χ1n) is 5.85. The summed E-state index contributed by atoms with van der Waals surface area (Å²) in [5, 5.41) is 3.36. The molecule has 0 saturated heterocycles. The number of ether oxygens (including phenoxy) is 1. The van der Waals surface area contributed by atoms with Crippen LogP contribution in [0.2, 0.25) is 0 Å². The van der Waals surface area contributed by atoms with Crippen molar-refractivity contribution in [3.05, 3.63) is 34.9 Å². The van der Waals surface area contributed by atoms with Crippen molar-refractivity contribution in [2.24, 2.45) is 0 Å². The van der Waals surface area contributed by atoms with Gasteiger partial charge in [0.05, 0.1) is 6.10 Å². The molecule has 1 aromatic carbocycles. The quantitative estimate of drug-likeness (QED) is 0.825. The molecule has 2 atom stereocenters. The third-order valence-electron chi connectivity index (χ3n) is 3.12. The molecule has 0 saturated carbocycles. The highest BCUT2D eigenvalue weighted by Crippen LogP contribution is 2.23. The monoisotopic (exact) mass is 221 g/mol. The van der Waals surface area contributed by atoms with Crippen LogP contribution >= 0.6 is 0 Å². The van der Waals surface area contributed by atoms with Crippen LogP contribution in [0.1, 0.15) is 36.1 Å². The summed E-state index contributed by atoms with van der Waals surface area (Å²) in [5.74, 6) is 0. The standard InChI is InChI=1S/C14H23NO/c1-10-6-7-13(11(2)8-10)14(15-4)9-12(3)16-5/h6-8,12,14-15H,9H2,1-5H3. The van der Waals surface area contributed by atoms with E-state index in [9.17, 15) is 0 Å². The molecule has 0 aromatic heterocycles. The lowest BCUT2D eigenvalue weighted by molar-refractivity contribution is 0.101. The fourth-order valence-corrected chi connectivity index (χ4v) is 2.05. The molecule has 16 heavy (non-hydrogen) atoms. The lowest BCUT2D eigenvalue weighted by atomic mass is 9.95. The highest BCUT2D eigenvalue weighted by molar-refractivity contribution is 5.32. The zero-order valence-electron chi connectivity index (χ0n) is 11.0. The second-order valence-electron chi connectivity index (χ2n) is 4.48. The molecule has 0 heterocycles. The number of rotatable bonds is 5. The molecule has 1 rings (SSSR count). The van der Waals surface area contributed by atoms with Gasteiger partial charge in [0.1, 0.15) is 0 Å². The summed E-state index contributed by atoms with van der Waals surface area (Å²) in [4.78, 5) is 0. The van der Waals surface area contributed by atoms with Gasteiger partial charge in [0, 0.05) is 13.2 Å². The maximum atomic E-state index is 5.33. The lowest BCUT2D eigenvalue weighted by Gasteiger charge is -2.22. The minimum atomic E-state index is 0.276. The fraction of sp³-hybridized carbons (Fsp3) is 0.571. The highest BCUT2D eigenvalue weighted by Gasteiger charge is 2.14. The van der Waals surface area contributed by atoms with E-state index in [1.165, 1.54) is 16.7 Å². The van der Waals surface area contributed by atoms with Crippen molar-refractivity contribution >= 4 is 0 Å². The number of aryl methyl sites for hydroxylation is 2. The Kier molecular flexibility index (Phi) is 4.97. The summed E-state index contributed by atoms with van der Waals surface area (Å²) in [6.07, 6.45) is 1.27. The molecule has 0 radical (unpaired) electrons. The van der Waals surface area contributed by atoms with Crippen LogP contribution in [0.3, 0.4) is 0 Å². The first kappa shape index (κ1) is 13.2. The van der Waals surface area contributed by atoms with E-state index in [2.05, 4.69) is 44.3 Å².